The summed E-state index contributed by atoms with van der Waals surface area (Å²) in [6.07, 6.45) is -0.0326. The van der Waals surface area contributed by atoms with Crippen molar-refractivity contribution in [1.29, 1.82) is 0 Å². The van der Waals surface area contributed by atoms with E-state index in [-0.39, 0.29) is 11.8 Å². The van der Waals surface area contributed by atoms with Gasteiger partial charge in [0.2, 0.25) is 0 Å². The molecule has 0 aliphatic rings. The first-order chi connectivity index (χ1) is 10.8. The van der Waals surface area contributed by atoms with E-state index in [2.05, 4.69) is 37.9 Å². The molecule has 0 saturated carbocycles. The second-order valence-electron chi connectivity index (χ2n) is 6.80. The maximum Gasteiger partial charge on any atom is 0.309 e. The number of aryl methyl sites for hydroxylation is 1. The lowest BCUT2D eigenvalue weighted by Gasteiger charge is -2.19. The molecular weight excluding hydrogens is 308 g/mol. The summed E-state index contributed by atoms with van der Waals surface area (Å²) in [7, 11) is 0. The number of aliphatic carboxylic acids is 1. The maximum atomic E-state index is 11.3. The lowest BCUT2D eigenvalue weighted by molar-refractivity contribution is -0.136. The molecule has 5 heteroatoms. The molecule has 0 fully saturated rings. The number of hydrogen-bond donors (Lipinski definition) is 1. The van der Waals surface area contributed by atoms with Gasteiger partial charge < -0.3 is 5.11 Å². The van der Waals surface area contributed by atoms with Crippen LogP contribution < -0.4 is 0 Å². The van der Waals surface area contributed by atoms with Gasteiger partial charge in [0, 0.05) is 16.6 Å². The smallest absolute Gasteiger partial charge is 0.309 e. The minimum atomic E-state index is -0.843. The minimum absolute atomic E-state index is 0.0326. The third-order valence-electron chi connectivity index (χ3n) is 3.97. The zero-order valence-electron chi connectivity index (χ0n) is 13.8. The Labute approximate surface area is 139 Å². The lowest BCUT2D eigenvalue weighted by atomic mass is 9.86. The van der Waals surface area contributed by atoms with E-state index in [0.717, 1.165) is 27.6 Å². The molecule has 4 nitrogen and oxygen atoms in total. The topological polar surface area (TPSA) is 54.6 Å². The van der Waals surface area contributed by atoms with E-state index in [1.807, 2.05) is 28.8 Å². The van der Waals surface area contributed by atoms with Crippen LogP contribution in [0, 0.1) is 6.92 Å². The van der Waals surface area contributed by atoms with Gasteiger partial charge in [-0.2, -0.15) is 0 Å². The molecule has 0 bridgehead atoms. The summed E-state index contributed by atoms with van der Waals surface area (Å²) in [5.74, 6) is -0.843. The molecule has 0 unspecified atom stereocenters. The van der Waals surface area contributed by atoms with Crippen LogP contribution in [0.5, 0.6) is 0 Å². The Morgan fingerprint density at radius 3 is 2.48 bits per heavy atom. The summed E-state index contributed by atoms with van der Waals surface area (Å²) in [5.41, 5.74) is 4.83. The van der Waals surface area contributed by atoms with Crippen LogP contribution >= 0.6 is 11.3 Å². The fourth-order valence-corrected chi connectivity index (χ4v) is 3.62. The molecule has 0 radical (unpaired) electrons. The van der Waals surface area contributed by atoms with E-state index in [9.17, 15) is 9.90 Å². The second-order valence-corrected chi connectivity index (χ2v) is 7.64. The Bertz CT molecular complexity index is 867. The predicted octanol–water partition coefficient (Wildman–Crippen LogP) is 4.30. The number of carbonyl (C=O) groups is 1. The molecule has 1 N–H and O–H groups in total. The van der Waals surface area contributed by atoms with Gasteiger partial charge in [-0.1, -0.05) is 45.0 Å². The van der Waals surface area contributed by atoms with Gasteiger partial charge >= 0.3 is 5.97 Å². The van der Waals surface area contributed by atoms with Gasteiger partial charge in [0.25, 0.3) is 0 Å². The molecule has 2 aromatic heterocycles. The fourth-order valence-electron chi connectivity index (χ4n) is 2.73. The number of fused-ring (bicyclic) bond motifs is 1. The number of imidazole rings is 1. The number of aromatic nitrogens is 2. The van der Waals surface area contributed by atoms with Gasteiger partial charge in [-0.3, -0.25) is 9.20 Å². The average Bonchev–Trinajstić information content (AvgIpc) is 2.99. The van der Waals surface area contributed by atoms with Crippen molar-refractivity contribution in [2.75, 3.05) is 0 Å². The first kappa shape index (κ1) is 15.7. The monoisotopic (exact) mass is 328 g/mol. The molecule has 1 aromatic carbocycles. The molecule has 23 heavy (non-hydrogen) atoms. The molecule has 0 spiro atoms. The van der Waals surface area contributed by atoms with Gasteiger partial charge in [-0.15, -0.1) is 11.3 Å². The summed E-state index contributed by atoms with van der Waals surface area (Å²) in [6.45, 7) is 8.50. The zero-order chi connectivity index (χ0) is 16.8. The number of hydrogen-bond acceptors (Lipinski definition) is 3. The van der Waals surface area contributed by atoms with Crippen molar-refractivity contribution in [1.82, 2.24) is 9.38 Å². The number of carboxylic acid groups (broad SMARTS) is 1. The zero-order valence-corrected chi connectivity index (χ0v) is 14.6. The molecule has 3 rings (SSSR count). The Kier molecular flexibility index (Phi) is 3.76. The average molecular weight is 328 g/mol. The first-order valence-electron chi connectivity index (χ1n) is 7.55. The van der Waals surface area contributed by atoms with Crippen LogP contribution in [-0.2, 0) is 16.6 Å². The second kappa shape index (κ2) is 5.49. The van der Waals surface area contributed by atoms with Gasteiger partial charge in [0.1, 0.15) is 0 Å². The van der Waals surface area contributed by atoms with E-state index in [4.69, 9.17) is 0 Å². The van der Waals surface area contributed by atoms with Crippen LogP contribution in [0.15, 0.2) is 29.6 Å². The molecular formula is C18H20N2O2S. The van der Waals surface area contributed by atoms with E-state index in [0.29, 0.717) is 0 Å². The number of carboxylic acids is 1. The Morgan fingerprint density at radius 1 is 1.26 bits per heavy atom. The lowest BCUT2D eigenvalue weighted by Crippen LogP contribution is -2.10. The van der Waals surface area contributed by atoms with Crippen molar-refractivity contribution in [3.05, 3.63) is 46.6 Å². The molecule has 0 atom stereocenters. The number of nitrogens with zero attached hydrogens (tertiary/aromatic N) is 2. The largest absolute Gasteiger partial charge is 0.481 e. The highest BCUT2D eigenvalue weighted by Gasteiger charge is 2.20. The first-order valence-corrected chi connectivity index (χ1v) is 8.43. The highest BCUT2D eigenvalue weighted by Crippen LogP contribution is 2.30. The molecule has 0 amide bonds. The van der Waals surface area contributed by atoms with Crippen molar-refractivity contribution in [3.63, 3.8) is 0 Å². The van der Waals surface area contributed by atoms with E-state index in [1.54, 1.807) is 0 Å². The molecule has 0 aliphatic carbocycles. The maximum absolute atomic E-state index is 11.3. The number of rotatable bonds is 3. The van der Waals surface area contributed by atoms with Crippen molar-refractivity contribution in [2.45, 2.75) is 39.5 Å². The Hall–Kier alpha value is -2.14. The molecule has 120 valence electrons. The van der Waals surface area contributed by atoms with Crippen LogP contribution in [0.3, 0.4) is 0 Å². The molecule has 3 aromatic rings. The Balaban J connectivity index is 2.13. The molecule has 2 heterocycles. The van der Waals surface area contributed by atoms with Gasteiger partial charge in [0.15, 0.2) is 4.96 Å². The summed E-state index contributed by atoms with van der Waals surface area (Å²) in [6, 6.07) is 8.27. The van der Waals surface area contributed by atoms with E-state index < -0.39 is 5.97 Å². The standard InChI is InChI=1S/C18H20N2O2S/c1-11-10-23-17-19-16(14(20(11)17)9-15(21)22)12-5-7-13(8-6-12)18(2,3)4/h5-8,10H,9H2,1-4H3,(H,21,22). The molecule has 0 saturated heterocycles. The fraction of sp³-hybridized carbons (Fsp3) is 0.333. The minimum Gasteiger partial charge on any atom is -0.481 e. The highest BCUT2D eigenvalue weighted by molar-refractivity contribution is 7.15. The van der Waals surface area contributed by atoms with Crippen molar-refractivity contribution in [3.8, 4) is 11.3 Å². The number of benzene rings is 1. The summed E-state index contributed by atoms with van der Waals surface area (Å²) >= 11 is 1.54. The summed E-state index contributed by atoms with van der Waals surface area (Å²) in [4.78, 5) is 16.8. The summed E-state index contributed by atoms with van der Waals surface area (Å²) in [5, 5.41) is 11.3. The Morgan fingerprint density at radius 2 is 1.91 bits per heavy atom. The van der Waals surface area contributed by atoms with Crippen LogP contribution in [-0.4, -0.2) is 20.5 Å². The highest BCUT2D eigenvalue weighted by atomic mass is 32.1. The predicted molar refractivity (Wildman–Crippen MR) is 93.3 cm³/mol. The molecule has 0 aliphatic heterocycles. The third kappa shape index (κ3) is 2.88. The van der Waals surface area contributed by atoms with Crippen LogP contribution in [0.1, 0.15) is 37.7 Å². The van der Waals surface area contributed by atoms with E-state index in [1.165, 1.54) is 16.9 Å². The van der Waals surface area contributed by atoms with Gasteiger partial charge in [-0.25, -0.2) is 4.98 Å². The van der Waals surface area contributed by atoms with E-state index >= 15 is 0 Å². The van der Waals surface area contributed by atoms with Crippen molar-refractivity contribution < 1.29 is 9.90 Å². The van der Waals surface area contributed by atoms with Gasteiger partial charge in [0.05, 0.1) is 17.8 Å². The van der Waals surface area contributed by atoms with Gasteiger partial charge in [-0.05, 0) is 17.9 Å². The number of thiazole rings is 1. The van der Waals surface area contributed by atoms with Crippen molar-refractivity contribution in [2.24, 2.45) is 0 Å². The normalized spacial score (nSPS) is 12.0. The van der Waals surface area contributed by atoms with Crippen LogP contribution in [0.4, 0.5) is 0 Å². The SMILES string of the molecule is Cc1csc2nc(-c3ccc(C(C)(C)C)cc3)c(CC(=O)O)n12. The van der Waals surface area contributed by atoms with Crippen molar-refractivity contribution >= 4 is 22.3 Å². The quantitative estimate of drug-likeness (QED) is 0.780. The third-order valence-corrected chi connectivity index (χ3v) is 4.92. The van der Waals surface area contributed by atoms with Crippen LogP contribution in [0.25, 0.3) is 16.2 Å². The van der Waals surface area contributed by atoms with Crippen LogP contribution in [0.2, 0.25) is 0 Å². The summed E-state index contributed by atoms with van der Waals surface area (Å²) < 4.78 is 1.95.